The maximum Gasteiger partial charge on any atom is 0.255 e. The third-order valence-electron chi connectivity index (χ3n) is 6.48. The van der Waals surface area contributed by atoms with Crippen molar-refractivity contribution in [2.45, 2.75) is 46.5 Å². The van der Waals surface area contributed by atoms with E-state index in [4.69, 9.17) is 4.52 Å². The van der Waals surface area contributed by atoms with Gasteiger partial charge in [0.15, 0.2) is 5.82 Å². The monoisotopic (exact) mass is 427 g/mol. The molecule has 0 N–H and O–H groups in total. The second-order valence-electron chi connectivity index (χ2n) is 8.78. The van der Waals surface area contributed by atoms with Crippen LogP contribution >= 0.6 is 0 Å². The van der Waals surface area contributed by atoms with Crippen LogP contribution in [0.5, 0.6) is 0 Å². The SMILES string of the molecule is Cc1cc(-n2c(C)cc(C(=O)N3CCN(CC(=O)N4CCCCCC4)CC3)c2C)no1. The molecule has 2 fully saturated rings. The summed E-state index contributed by atoms with van der Waals surface area (Å²) in [4.78, 5) is 32.0. The van der Waals surface area contributed by atoms with E-state index < -0.39 is 0 Å². The molecule has 8 nitrogen and oxygen atoms in total. The first-order valence-electron chi connectivity index (χ1n) is 11.4. The van der Waals surface area contributed by atoms with Crippen molar-refractivity contribution in [3.8, 4) is 5.82 Å². The van der Waals surface area contributed by atoms with Crippen LogP contribution in [-0.2, 0) is 4.79 Å². The Morgan fingerprint density at radius 3 is 2.19 bits per heavy atom. The predicted octanol–water partition coefficient (Wildman–Crippen LogP) is 2.55. The number of piperazine rings is 1. The first-order chi connectivity index (χ1) is 14.9. The topological polar surface area (TPSA) is 74.8 Å². The van der Waals surface area contributed by atoms with E-state index in [1.165, 1.54) is 12.8 Å². The van der Waals surface area contributed by atoms with E-state index >= 15 is 0 Å². The molecule has 2 aromatic rings. The van der Waals surface area contributed by atoms with Gasteiger partial charge in [-0.3, -0.25) is 19.1 Å². The molecule has 0 aromatic carbocycles. The Morgan fingerprint density at radius 1 is 0.903 bits per heavy atom. The van der Waals surface area contributed by atoms with Crippen LogP contribution in [0.1, 0.15) is 53.2 Å². The lowest BCUT2D eigenvalue weighted by atomic mass is 10.2. The zero-order chi connectivity index (χ0) is 22.0. The molecule has 0 aliphatic carbocycles. The molecule has 2 aromatic heterocycles. The summed E-state index contributed by atoms with van der Waals surface area (Å²) in [5.74, 6) is 1.70. The van der Waals surface area contributed by atoms with Crippen molar-refractivity contribution >= 4 is 11.8 Å². The van der Waals surface area contributed by atoms with Crippen LogP contribution in [0.2, 0.25) is 0 Å². The molecule has 4 rings (SSSR count). The molecule has 4 heterocycles. The lowest BCUT2D eigenvalue weighted by Gasteiger charge is -2.35. The second kappa shape index (κ2) is 9.26. The quantitative estimate of drug-likeness (QED) is 0.750. The van der Waals surface area contributed by atoms with Crippen LogP contribution in [-0.4, -0.2) is 82.1 Å². The molecule has 31 heavy (non-hydrogen) atoms. The van der Waals surface area contributed by atoms with Gasteiger partial charge in [0, 0.05) is 56.7 Å². The molecule has 0 bridgehead atoms. The standard InChI is InChI=1S/C23H33N5O3/c1-17-14-20(19(3)28(17)21-15-18(2)31-24-21)23(30)27-12-10-25(11-13-27)16-22(29)26-8-6-4-5-7-9-26/h14-15H,4-13,16H2,1-3H3. The van der Waals surface area contributed by atoms with Crippen LogP contribution < -0.4 is 0 Å². The van der Waals surface area contributed by atoms with E-state index in [2.05, 4.69) is 10.1 Å². The van der Waals surface area contributed by atoms with E-state index in [1.54, 1.807) is 0 Å². The van der Waals surface area contributed by atoms with E-state index in [9.17, 15) is 9.59 Å². The Balaban J connectivity index is 1.36. The molecule has 0 unspecified atom stereocenters. The minimum absolute atomic E-state index is 0.0399. The van der Waals surface area contributed by atoms with Crippen LogP contribution in [0.25, 0.3) is 5.82 Å². The number of nitrogens with zero attached hydrogens (tertiary/aromatic N) is 5. The summed E-state index contributed by atoms with van der Waals surface area (Å²) in [7, 11) is 0. The number of carbonyl (C=O) groups excluding carboxylic acids is 2. The van der Waals surface area contributed by atoms with Crippen molar-refractivity contribution in [2.24, 2.45) is 0 Å². The first kappa shape index (κ1) is 21.6. The van der Waals surface area contributed by atoms with Gasteiger partial charge < -0.3 is 14.3 Å². The Morgan fingerprint density at radius 2 is 1.58 bits per heavy atom. The van der Waals surface area contributed by atoms with Crippen molar-refractivity contribution < 1.29 is 14.1 Å². The van der Waals surface area contributed by atoms with Crippen LogP contribution in [0.3, 0.4) is 0 Å². The fourth-order valence-electron chi connectivity index (χ4n) is 4.68. The summed E-state index contributed by atoms with van der Waals surface area (Å²) in [6.07, 6.45) is 4.67. The third kappa shape index (κ3) is 4.69. The van der Waals surface area contributed by atoms with Gasteiger partial charge in [-0.05, 0) is 39.7 Å². The molecule has 0 atom stereocenters. The van der Waals surface area contributed by atoms with Crippen molar-refractivity contribution in [3.63, 3.8) is 0 Å². The predicted molar refractivity (Wildman–Crippen MR) is 117 cm³/mol. The summed E-state index contributed by atoms with van der Waals surface area (Å²) in [6.45, 7) is 10.7. The van der Waals surface area contributed by atoms with Gasteiger partial charge in [0.25, 0.3) is 5.91 Å². The molecule has 2 amide bonds. The minimum Gasteiger partial charge on any atom is -0.360 e. The van der Waals surface area contributed by atoms with Crippen LogP contribution in [0, 0.1) is 20.8 Å². The largest absolute Gasteiger partial charge is 0.360 e. The van der Waals surface area contributed by atoms with Gasteiger partial charge in [-0.1, -0.05) is 18.0 Å². The van der Waals surface area contributed by atoms with Gasteiger partial charge in [-0.15, -0.1) is 0 Å². The maximum atomic E-state index is 13.2. The zero-order valence-corrected chi connectivity index (χ0v) is 18.9. The average Bonchev–Trinajstić information content (AvgIpc) is 3.17. The Hall–Kier alpha value is -2.61. The summed E-state index contributed by atoms with van der Waals surface area (Å²) < 4.78 is 7.16. The number of aryl methyl sites for hydroxylation is 2. The highest BCUT2D eigenvalue weighted by Crippen LogP contribution is 2.22. The Kier molecular flexibility index (Phi) is 6.46. The highest BCUT2D eigenvalue weighted by Gasteiger charge is 2.27. The van der Waals surface area contributed by atoms with Gasteiger partial charge >= 0.3 is 0 Å². The first-order valence-corrected chi connectivity index (χ1v) is 11.4. The molecule has 0 spiro atoms. The van der Waals surface area contributed by atoms with Gasteiger partial charge in [-0.2, -0.15) is 0 Å². The number of hydrogen-bond donors (Lipinski definition) is 0. The molecule has 0 radical (unpaired) electrons. The lowest BCUT2D eigenvalue weighted by molar-refractivity contribution is -0.132. The maximum absolute atomic E-state index is 13.2. The van der Waals surface area contributed by atoms with Gasteiger partial charge in [-0.25, -0.2) is 0 Å². The number of carbonyl (C=O) groups is 2. The molecular weight excluding hydrogens is 394 g/mol. The highest BCUT2D eigenvalue weighted by atomic mass is 16.5. The molecule has 2 saturated heterocycles. The number of hydrogen-bond acceptors (Lipinski definition) is 5. The molecule has 168 valence electrons. The number of aromatic nitrogens is 2. The average molecular weight is 428 g/mol. The van der Waals surface area contributed by atoms with Crippen LogP contribution in [0.4, 0.5) is 0 Å². The Labute approximate surface area is 183 Å². The van der Waals surface area contributed by atoms with Crippen molar-refractivity contribution in [1.29, 1.82) is 0 Å². The van der Waals surface area contributed by atoms with Crippen molar-refractivity contribution in [1.82, 2.24) is 24.4 Å². The second-order valence-corrected chi connectivity index (χ2v) is 8.78. The summed E-state index contributed by atoms with van der Waals surface area (Å²) >= 11 is 0. The van der Waals surface area contributed by atoms with E-state index in [0.717, 1.165) is 56.2 Å². The fraction of sp³-hybridized carbons (Fsp3) is 0.609. The number of rotatable bonds is 4. The number of amides is 2. The van der Waals surface area contributed by atoms with E-state index in [1.807, 2.05) is 47.3 Å². The minimum atomic E-state index is 0.0399. The lowest BCUT2D eigenvalue weighted by Crippen LogP contribution is -2.51. The smallest absolute Gasteiger partial charge is 0.255 e. The van der Waals surface area contributed by atoms with E-state index in [-0.39, 0.29) is 11.8 Å². The van der Waals surface area contributed by atoms with Crippen molar-refractivity contribution in [2.75, 3.05) is 45.8 Å². The summed E-state index contributed by atoms with van der Waals surface area (Å²) in [6, 6.07) is 3.80. The molecule has 8 heteroatoms. The molecule has 2 aliphatic heterocycles. The summed E-state index contributed by atoms with van der Waals surface area (Å²) in [5, 5.41) is 4.10. The third-order valence-corrected chi connectivity index (χ3v) is 6.48. The molecule has 2 aliphatic rings. The zero-order valence-electron chi connectivity index (χ0n) is 18.9. The number of likely N-dealkylation sites (tertiary alicyclic amines) is 1. The van der Waals surface area contributed by atoms with Crippen molar-refractivity contribution in [3.05, 3.63) is 34.8 Å². The molecular formula is C23H33N5O3. The summed E-state index contributed by atoms with van der Waals surface area (Å²) in [5.41, 5.74) is 2.53. The van der Waals surface area contributed by atoms with Gasteiger partial charge in [0.05, 0.1) is 12.1 Å². The van der Waals surface area contributed by atoms with Gasteiger partial charge in [0.1, 0.15) is 5.76 Å². The normalized spacial score (nSPS) is 18.3. The molecule has 0 saturated carbocycles. The van der Waals surface area contributed by atoms with Gasteiger partial charge in [0.2, 0.25) is 5.91 Å². The fourth-order valence-corrected chi connectivity index (χ4v) is 4.68. The Bertz CT molecular complexity index is 931. The van der Waals surface area contributed by atoms with Crippen LogP contribution in [0.15, 0.2) is 16.7 Å². The highest BCUT2D eigenvalue weighted by molar-refractivity contribution is 5.96. The van der Waals surface area contributed by atoms with E-state index in [0.29, 0.717) is 31.0 Å².